The topological polar surface area (TPSA) is 90.1 Å². The molecular weight excluding hydrogens is 376 g/mol. The van der Waals surface area contributed by atoms with Crippen molar-refractivity contribution >= 4 is 50.3 Å². The number of aromatic nitrogens is 3. The standard InChI is InChI=1S/C17H11ClN4O3S/c1-24-15(23)11-5-3-2-4-10(11)14-21-22-16(25-14)20-17-19-12-7-6-9(18)8-13(12)26-17/h2-8H,1H3,(H,19,20,22). The summed E-state index contributed by atoms with van der Waals surface area (Å²) in [6, 6.07) is 12.5. The first-order chi connectivity index (χ1) is 12.6. The molecule has 7 nitrogen and oxygen atoms in total. The average Bonchev–Trinajstić information content (AvgIpc) is 3.27. The van der Waals surface area contributed by atoms with Gasteiger partial charge in [-0.2, -0.15) is 0 Å². The van der Waals surface area contributed by atoms with Crippen LogP contribution in [0.15, 0.2) is 46.9 Å². The molecule has 0 unspecified atom stereocenters. The Kier molecular flexibility index (Phi) is 4.27. The second-order valence-electron chi connectivity index (χ2n) is 5.21. The van der Waals surface area contributed by atoms with Gasteiger partial charge in [0.15, 0.2) is 5.13 Å². The van der Waals surface area contributed by atoms with Crippen molar-refractivity contribution in [3.63, 3.8) is 0 Å². The van der Waals surface area contributed by atoms with E-state index in [4.69, 9.17) is 20.8 Å². The molecule has 0 saturated carbocycles. The van der Waals surface area contributed by atoms with Gasteiger partial charge in [-0.05, 0) is 30.3 Å². The van der Waals surface area contributed by atoms with Gasteiger partial charge in [-0.3, -0.25) is 5.32 Å². The van der Waals surface area contributed by atoms with Crippen molar-refractivity contribution in [1.29, 1.82) is 0 Å². The average molecular weight is 387 g/mol. The zero-order chi connectivity index (χ0) is 18.1. The van der Waals surface area contributed by atoms with Crippen LogP contribution in [0.3, 0.4) is 0 Å². The van der Waals surface area contributed by atoms with Crippen molar-refractivity contribution in [3.05, 3.63) is 53.1 Å². The maximum absolute atomic E-state index is 11.9. The first kappa shape index (κ1) is 16.5. The summed E-state index contributed by atoms with van der Waals surface area (Å²) in [6.45, 7) is 0. The molecule has 0 aliphatic rings. The summed E-state index contributed by atoms with van der Waals surface area (Å²) in [4.78, 5) is 16.3. The van der Waals surface area contributed by atoms with Gasteiger partial charge in [-0.15, -0.1) is 5.10 Å². The number of carbonyl (C=O) groups is 1. The fraction of sp³-hybridized carbons (Fsp3) is 0.0588. The lowest BCUT2D eigenvalue weighted by Gasteiger charge is -2.03. The van der Waals surface area contributed by atoms with E-state index in [0.717, 1.165) is 10.2 Å². The van der Waals surface area contributed by atoms with E-state index >= 15 is 0 Å². The normalized spacial score (nSPS) is 10.8. The lowest BCUT2D eigenvalue weighted by molar-refractivity contribution is 0.0601. The van der Waals surface area contributed by atoms with E-state index in [0.29, 0.717) is 21.3 Å². The van der Waals surface area contributed by atoms with Gasteiger partial charge < -0.3 is 9.15 Å². The van der Waals surface area contributed by atoms with E-state index in [9.17, 15) is 4.79 Å². The molecule has 0 aliphatic heterocycles. The molecule has 0 saturated heterocycles. The second-order valence-corrected chi connectivity index (χ2v) is 6.67. The number of halogens is 1. The van der Waals surface area contributed by atoms with Crippen LogP contribution >= 0.6 is 22.9 Å². The van der Waals surface area contributed by atoms with Gasteiger partial charge in [0, 0.05) is 5.02 Å². The monoisotopic (exact) mass is 386 g/mol. The fourth-order valence-corrected chi connectivity index (χ4v) is 3.52. The predicted molar refractivity (Wildman–Crippen MR) is 99.0 cm³/mol. The van der Waals surface area contributed by atoms with E-state index < -0.39 is 5.97 Å². The summed E-state index contributed by atoms with van der Waals surface area (Å²) in [5.74, 6) is -0.269. The molecule has 2 aromatic heterocycles. The number of nitrogens with one attached hydrogen (secondary N) is 1. The molecule has 0 atom stereocenters. The summed E-state index contributed by atoms with van der Waals surface area (Å²) in [7, 11) is 1.32. The van der Waals surface area contributed by atoms with Crippen LogP contribution in [0.1, 0.15) is 10.4 Å². The minimum Gasteiger partial charge on any atom is -0.465 e. The summed E-state index contributed by atoms with van der Waals surface area (Å²) < 4.78 is 11.3. The van der Waals surface area contributed by atoms with Gasteiger partial charge in [0.25, 0.3) is 5.89 Å². The lowest BCUT2D eigenvalue weighted by atomic mass is 10.1. The van der Waals surface area contributed by atoms with E-state index in [1.165, 1.54) is 18.4 Å². The van der Waals surface area contributed by atoms with Crippen molar-refractivity contribution in [1.82, 2.24) is 15.2 Å². The predicted octanol–water partition coefficient (Wildman–Crippen LogP) is 4.53. The molecule has 130 valence electrons. The number of rotatable bonds is 4. The molecule has 4 rings (SSSR count). The molecule has 2 aromatic carbocycles. The van der Waals surface area contributed by atoms with Crippen LogP contribution in [-0.2, 0) is 4.74 Å². The van der Waals surface area contributed by atoms with Crippen LogP contribution in [0.25, 0.3) is 21.7 Å². The number of thiazole rings is 1. The first-order valence-electron chi connectivity index (χ1n) is 7.48. The number of fused-ring (bicyclic) bond motifs is 1. The number of nitrogens with zero attached hydrogens (tertiary/aromatic N) is 3. The molecule has 0 aliphatic carbocycles. The Morgan fingerprint density at radius 2 is 2.08 bits per heavy atom. The van der Waals surface area contributed by atoms with Crippen molar-refractivity contribution in [2.45, 2.75) is 0 Å². The third-order valence-corrected chi connectivity index (χ3v) is 4.72. The van der Waals surface area contributed by atoms with Gasteiger partial charge in [0.1, 0.15) is 0 Å². The van der Waals surface area contributed by atoms with Gasteiger partial charge in [-0.25, -0.2) is 9.78 Å². The molecular formula is C17H11ClN4O3S. The Hall–Kier alpha value is -2.97. The van der Waals surface area contributed by atoms with E-state index in [-0.39, 0.29) is 11.9 Å². The number of benzene rings is 2. The number of anilines is 2. The second kappa shape index (κ2) is 6.74. The number of esters is 1. The van der Waals surface area contributed by atoms with Crippen molar-refractivity contribution in [3.8, 4) is 11.5 Å². The van der Waals surface area contributed by atoms with Crippen LogP contribution in [0.5, 0.6) is 0 Å². The number of methoxy groups -OCH3 is 1. The largest absolute Gasteiger partial charge is 0.465 e. The molecule has 0 spiro atoms. The van der Waals surface area contributed by atoms with Crippen molar-refractivity contribution in [2.24, 2.45) is 0 Å². The quantitative estimate of drug-likeness (QED) is 0.515. The third kappa shape index (κ3) is 3.12. The minimum atomic E-state index is -0.476. The Labute approximate surface area is 156 Å². The highest BCUT2D eigenvalue weighted by molar-refractivity contribution is 7.22. The van der Waals surface area contributed by atoms with Gasteiger partial charge in [-0.1, -0.05) is 40.2 Å². The highest BCUT2D eigenvalue weighted by atomic mass is 35.5. The zero-order valence-electron chi connectivity index (χ0n) is 13.4. The Balaban J connectivity index is 1.63. The number of hydrogen-bond donors (Lipinski definition) is 1. The maximum Gasteiger partial charge on any atom is 0.338 e. The molecule has 9 heteroatoms. The van der Waals surface area contributed by atoms with E-state index in [1.807, 2.05) is 12.1 Å². The Morgan fingerprint density at radius 1 is 1.23 bits per heavy atom. The summed E-state index contributed by atoms with van der Waals surface area (Å²) in [6.07, 6.45) is 0. The summed E-state index contributed by atoms with van der Waals surface area (Å²) >= 11 is 7.41. The van der Waals surface area contributed by atoms with E-state index in [1.54, 1.807) is 30.3 Å². The summed E-state index contributed by atoms with van der Waals surface area (Å²) in [5, 5.41) is 12.2. The van der Waals surface area contributed by atoms with Crippen LogP contribution in [0, 0.1) is 0 Å². The van der Waals surface area contributed by atoms with Crippen LogP contribution in [-0.4, -0.2) is 28.3 Å². The summed E-state index contributed by atoms with van der Waals surface area (Å²) in [5.41, 5.74) is 1.66. The molecule has 2 heterocycles. The van der Waals surface area contributed by atoms with Crippen molar-refractivity contribution in [2.75, 3.05) is 12.4 Å². The SMILES string of the molecule is COC(=O)c1ccccc1-c1nnc(Nc2nc3ccc(Cl)cc3s2)o1. The first-order valence-corrected chi connectivity index (χ1v) is 8.68. The fourth-order valence-electron chi connectivity index (χ4n) is 2.38. The molecule has 0 bridgehead atoms. The molecule has 4 aromatic rings. The number of carbonyl (C=O) groups excluding carboxylic acids is 1. The highest BCUT2D eigenvalue weighted by Gasteiger charge is 2.18. The van der Waals surface area contributed by atoms with Crippen LogP contribution in [0.2, 0.25) is 5.02 Å². The van der Waals surface area contributed by atoms with Gasteiger partial charge in [0.2, 0.25) is 0 Å². The zero-order valence-corrected chi connectivity index (χ0v) is 15.0. The molecule has 1 N–H and O–H groups in total. The smallest absolute Gasteiger partial charge is 0.338 e. The molecule has 0 radical (unpaired) electrons. The lowest BCUT2D eigenvalue weighted by Crippen LogP contribution is -2.03. The van der Waals surface area contributed by atoms with E-state index in [2.05, 4.69) is 20.5 Å². The van der Waals surface area contributed by atoms with Crippen molar-refractivity contribution < 1.29 is 13.9 Å². The minimum absolute atomic E-state index is 0.171. The van der Waals surface area contributed by atoms with Gasteiger partial charge in [0.05, 0.1) is 28.5 Å². The number of ether oxygens (including phenoxy) is 1. The molecule has 0 amide bonds. The van der Waals surface area contributed by atoms with Gasteiger partial charge >= 0.3 is 12.0 Å². The maximum atomic E-state index is 11.9. The molecule has 0 fully saturated rings. The van der Waals surface area contributed by atoms with Crippen LogP contribution in [0.4, 0.5) is 11.1 Å². The number of hydrogen-bond acceptors (Lipinski definition) is 8. The molecule has 26 heavy (non-hydrogen) atoms. The highest BCUT2D eigenvalue weighted by Crippen LogP contribution is 2.31. The third-order valence-electron chi connectivity index (χ3n) is 3.55. The van der Waals surface area contributed by atoms with Crippen LogP contribution < -0.4 is 5.32 Å². The Bertz CT molecular complexity index is 1110. The Morgan fingerprint density at radius 3 is 2.92 bits per heavy atom.